The maximum atomic E-state index is 13.1. The fourth-order valence-corrected chi connectivity index (χ4v) is 3.06. The molecule has 1 saturated carbocycles. The predicted molar refractivity (Wildman–Crippen MR) is 88.2 cm³/mol. The van der Waals surface area contributed by atoms with E-state index in [0.29, 0.717) is 31.2 Å². The molecular weight excluding hydrogens is 323 g/mol. The van der Waals surface area contributed by atoms with Gasteiger partial charge in [-0.15, -0.1) is 5.10 Å². The number of hydrogen-bond donors (Lipinski definition) is 0. The van der Waals surface area contributed by atoms with E-state index in [-0.39, 0.29) is 11.7 Å². The first-order chi connectivity index (χ1) is 12.2. The summed E-state index contributed by atoms with van der Waals surface area (Å²) in [5.74, 6) is 0.259. The van der Waals surface area contributed by atoms with Gasteiger partial charge in [-0.2, -0.15) is 0 Å². The van der Waals surface area contributed by atoms with Crippen LogP contribution < -0.4 is 0 Å². The summed E-state index contributed by atoms with van der Waals surface area (Å²) in [6, 6.07) is 5.68. The van der Waals surface area contributed by atoms with Crippen LogP contribution in [0.25, 0.3) is 0 Å². The van der Waals surface area contributed by atoms with Crippen molar-refractivity contribution in [2.24, 2.45) is 5.92 Å². The van der Waals surface area contributed by atoms with Crippen LogP contribution in [-0.4, -0.2) is 39.0 Å². The zero-order chi connectivity index (χ0) is 17.2. The van der Waals surface area contributed by atoms with Gasteiger partial charge in [-0.3, -0.25) is 4.79 Å². The average Bonchev–Trinajstić information content (AvgIpc) is 3.40. The van der Waals surface area contributed by atoms with Gasteiger partial charge in [0.25, 0.3) is 5.91 Å². The summed E-state index contributed by atoms with van der Waals surface area (Å²) in [6.07, 6.45) is 3.31. The van der Waals surface area contributed by atoms with Gasteiger partial charge < -0.3 is 9.64 Å². The summed E-state index contributed by atoms with van der Waals surface area (Å²) in [5.41, 5.74) is 2.23. The highest BCUT2D eigenvalue weighted by Gasteiger charge is 2.25. The van der Waals surface area contributed by atoms with Crippen LogP contribution in [0.5, 0.6) is 0 Å². The minimum Gasteiger partial charge on any atom is -0.375 e. The maximum absolute atomic E-state index is 13.1. The monoisotopic (exact) mass is 344 g/mol. The molecule has 0 atom stereocenters. The number of aryl methyl sites for hydroxylation is 1. The fourth-order valence-electron chi connectivity index (χ4n) is 3.06. The molecule has 7 heteroatoms. The third kappa shape index (κ3) is 3.71. The lowest BCUT2D eigenvalue weighted by Crippen LogP contribution is -2.31. The van der Waals surface area contributed by atoms with Crippen molar-refractivity contribution in [3.63, 3.8) is 0 Å². The standard InChI is InChI=1S/C18H21FN4O2/c19-15-6-4-14(5-7-15)18(24)22-8-1-9-23-17(10-22)16(20-21-23)12-25-11-13-2-3-13/h4-7,13H,1-3,8-12H2. The van der Waals surface area contributed by atoms with Gasteiger partial charge in [-0.05, 0) is 49.4 Å². The van der Waals surface area contributed by atoms with E-state index >= 15 is 0 Å². The van der Waals surface area contributed by atoms with Crippen molar-refractivity contribution < 1.29 is 13.9 Å². The number of halogens is 1. The van der Waals surface area contributed by atoms with Crippen molar-refractivity contribution in [2.45, 2.75) is 39.0 Å². The fraction of sp³-hybridized carbons (Fsp3) is 0.500. The molecule has 0 spiro atoms. The van der Waals surface area contributed by atoms with Crippen molar-refractivity contribution in [3.05, 3.63) is 47.0 Å². The molecule has 25 heavy (non-hydrogen) atoms. The van der Waals surface area contributed by atoms with E-state index in [1.165, 1.54) is 37.1 Å². The first-order valence-corrected chi connectivity index (χ1v) is 8.74. The molecule has 1 aliphatic carbocycles. The van der Waals surface area contributed by atoms with Gasteiger partial charge in [0.15, 0.2) is 0 Å². The van der Waals surface area contributed by atoms with E-state index in [2.05, 4.69) is 10.3 Å². The Hall–Kier alpha value is -2.28. The van der Waals surface area contributed by atoms with Crippen molar-refractivity contribution in [1.82, 2.24) is 19.9 Å². The second-order valence-corrected chi connectivity index (χ2v) is 6.75. The van der Waals surface area contributed by atoms with E-state index < -0.39 is 0 Å². The Bertz CT molecular complexity index is 755. The van der Waals surface area contributed by atoms with Crippen LogP contribution in [0.4, 0.5) is 4.39 Å². The number of nitrogens with zero attached hydrogens (tertiary/aromatic N) is 4. The minimum absolute atomic E-state index is 0.0977. The molecule has 2 heterocycles. The van der Waals surface area contributed by atoms with Crippen LogP contribution in [0, 0.1) is 11.7 Å². The van der Waals surface area contributed by atoms with Gasteiger partial charge in [0.1, 0.15) is 11.5 Å². The lowest BCUT2D eigenvalue weighted by atomic mass is 10.2. The van der Waals surface area contributed by atoms with E-state index in [0.717, 1.165) is 31.0 Å². The number of aromatic nitrogens is 3. The van der Waals surface area contributed by atoms with Crippen LogP contribution in [-0.2, 0) is 24.4 Å². The highest BCUT2D eigenvalue weighted by atomic mass is 19.1. The van der Waals surface area contributed by atoms with Crippen LogP contribution >= 0.6 is 0 Å². The Labute approximate surface area is 145 Å². The molecule has 2 aromatic rings. The normalized spacial score (nSPS) is 17.2. The van der Waals surface area contributed by atoms with Crippen molar-refractivity contribution in [1.29, 1.82) is 0 Å². The molecule has 0 unspecified atom stereocenters. The van der Waals surface area contributed by atoms with E-state index in [1.54, 1.807) is 4.90 Å². The molecular formula is C18H21FN4O2. The van der Waals surface area contributed by atoms with E-state index in [9.17, 15) is 9.18 Å². The molecule has 1 amide bonds. The van der Waals surface area contributed by atoms with Crippen LogP contribution in [0.1, 0.15) is 41.0 Å². The molecule has 132 valence electrons. The maximum Gasteiger partial charge on any atom is 0.254 e. The molecule has 6 nitrogen and oxygen atoms in total. The van der Waals surface area contributed by atoms with Gasteiger partial charge in [0.2, 0.25) is 0 Å². The van der Waals surface area contributed by atoms with Gasteiger partial charge in [-0.25, -0.2) is 9.07 Å². The number of carbonyl (C=O) groups excluding carboxylic acids is 1. The molecule has 0 N–H and O–H groups in total. The zero-order valence-corrected chi connectivity index (χ0v) is 14.0. The Morgan fingerprint density at radius 1 is 1.24 bits per heavy atom. The molecule has 0 bridgehead atoms. The van der Waals surface area contributed by atoms with Crippen LogP contribution in [0.3, 0.4) is 0 Å². The summed E-state index contributed by atoms with van der Waals surface area (Å²) in [5, 5.41) is 8.44. The summed E-state index contributed by atoms with van der Waals surface area (Å²) in [4.78, 5) is 14.5. The number of benzene rings is 1. The molecule has 1 aromatic carbocycles. The minimum atomic E-state index is -0.343. The largest absolute Gasteiger partial charge is 0.375 e. The van der Waals surface area contributed by atoms with Crippen molar-refractivity contribution in [3.8, 4) is 0 Å². The zero-order valence-electron chi connectivity index (χ0n) is 14.0. The first-order valence-electron chi connectivity index (χ1n) is 8.74. The number of hydrogen-bond acceptors (Lipinski definition) is 4. The smallest absolute Gasteiger partial charge is 0.254 e. The lowest BCUT2D eigenvalue weighted by Gasteiger charge is -2.20. The van der Waals surface area contributed by atoms with Crippen molar-refractivity contribution >= 4 is 5.91 Å². The molecule has 1 aromatic heterocycles. The quantitative estimate of drug-likeness (QED) is 0.836. The highest BCUT2D eigenvalue weighted by molar-refractivity contribution is 5.94. The first kappa shape index (κ1) is 16.2. The van der Waals surface area contributed by atoms with Crippen LogP contribution in [0.2, 0.25) is 0 Å². The Morgan fingerprint density at radius 3 is 2.80 bits per heavy atom. The molecule has 0 radical (unpaired) electrons. The molecule has 2 aliphatic rings. The lowest BCUT2D eigenvalue weighted by molar-refractivity contribution is 0.0741. The summed E-state index contributed by atoms with van der Waals surface area (Å²) in [7, 11) is 0. The van der Waals surface area contributed by atoms with Gasteiger partial charge >= 0.3 is 0 Å². The van der Waals surface area contributed by atoms with Gasteiger partial charge in [0, 0.05) is 25.3 Å². The molecule has 4 rings (SSSR count). The van der Waals surface area contributed by atoms with Crippen LogP contribution in [0.15, 0.2) is 24.3 Å². The molecule has 1 aliphatic heterocycles. The van der Waals surface area contributed by atoms with Gasteiger partial charge in [-0.1, -0.05) is 5.21 Å². The van der Waals surface area contributed by atoms with Gasteiger partial charge in [0.05, 0.1) is 18.8 Å². The SMILES string of the molecule is O=C(c1ccc(F)cc1)N1CCCn2nnc(COCC3CC3)c2C1. The second-order valence-electron chi connectivity index (χ2n) is 6.75. The van der Waals surface area contributed by atoms with E-state index in [1.807, 2.05) is 4.68 Å². The summed E-state index contributed by atoms with van der Waals surface area (Å²) < 4.78 is 20.7. The highest BCUT2D eigenvalue weighted by Crippen LogP contribution is 2.29. The predicted octanol–water partition coefficient (Wildman–Crippen LogP) is 2.39. The average molecular weight is 344 g/mol. The number of amides is 1. The molecule has 1 fully saturated rings. The molecule has 0 saturated heterocycles. The number of rotatable bonds is 5. The Kier molecular flexibility index (Phi) is 4.48. The number of carbonyl (C=O) groups is 1. The Balaban J connectivity index is 1.48. The topological polar surface area (TPSA) is 60.2 Å². The third-order valence-electron chi connectivity index (χ3n) is 4.72. The second kappa shape index (κ2) is 6.92. The third-order valence-corrected chi connectivity index (χ3v) is 4.72. The Morgan fingerprint density at radius 2 is 2.04 bits per heavy atom. The van der Waals surface area contributed by atoms with E-state index in [4.69, 9.17) is 4.74 Å². The number of fused-ring (bicyclic) bond motifs is 1. The number of ether oxygens (including phenoxy) is 1. The van der Waals surface area contributed by atoms with Crippen molar-refractivity contribution in [2.75, 3.05) is 13.2 Å². The summed E-state index contributed by atoms with van der Waals surface area (Å²) >= 11 is 0. The summed E-state index contributed by atoms with van der Waals surface area (Å²) in [6.45, 7) is 3.03.